The third-order valence-electron chi connectivity index (χ3n) is 1.45. The predicted molar refractivity (Wildman–Crippen MR) is 49.1 cm³/mol. The lowest BCUT2D eigenvalue weighted by molar-refractivity contribution is 0.425. The van der Waals surface area contributed by atoms with Gasteiger partial charge in [0.1, 0.15) is 6.33 Å². The van der Waals surface area contributed by atoms with E-state index in [-0.39, 0.29) is 0 Å². The van der Waals surface area contributed by atoms with Crippen LogP contribution in [-0.2, 0) is 0 Å². The monoisotopic (exact) mass is 166 g/mol. The van der Waals surface area contributed by atoms with E-state index in [1.165, 1.54) is 6.33 Å². The Labute approximate surface area is 72.6 Å². The minimum absolute atomic E-state index is 0.917. The van der Waals surface area contributed by atoms with Gasteiger partial charge in [-0.3, -0.25) is 0 Å². The Morgan fingerprint density at radius 1 is 1.33 bits per heavy atom. The molecule has 0 radical (unpaired) electrons. The number of nitrogens with zero attached hydrogens (tertiary/aromatic N) is 3. The Kier molecular flexibility index (Phi) is 3.47. The third-order valence-corrected chi connectivity index (χ3v) is 1.45. The standard InChI is InChI=1S/C8H14N4/c1-12(2)4-3-11-8-5-9-7-10-6-8/h5-7,11H,3-4H2,1-2H3. The number of rotatable bonds is 4. The van der Waals surface area contributed by atoms with Crippen molar-refractivity contribution in [2.45, 2.75) is 0 Å². The molecular weight excluding hydrogens is 152 g/mol. The maximum Gasteiger partial charge on any atom is 0.115 e. The van der Waals surface area contributed by atoms with Gasteiger partial charge in [-0.05, 0) is 14.1 Å². The highest BCUT2D eigenvalue weighted by Gasteiger charge is 1.91. The first kappa shape index (κ1) is 8.93. The van der Waals surface area contributed by atoms with Gasteiger partial charge in [0.15, 0.2) is 0 Å². The molecular formula is C8H14N4. The van der Waals surface area contributed by atoms with Crippen molar-refractivity contribution in [1.82, 2.24) is 14.9 Å². The molecule has 4 heteroatoms. The number of nitrogens with one attached hydrogen (secondary N) is 1. The van der Waals surface area contributed by atoms with Crippen LogP contribution in [0.5, 0.6) is 0 Å². The van der Waals surface area contributed by atoms with Crippen molar-refractivity contribution in [3.63, 3.8) is 0 Å². The van der Waals surface area contributed by atoms with E-state index in [0.29, 0.717) is 0 Å². The summed E-state index contributed by atoms with van der Waals surface area (Å²) in [5.41, 5.74) is 0.972. The van der Waals surface area contributed by atoms with Gasteiger partial charge in [0.25, 0.3) is 0 Å². The summed E-state index contributed by atoms with van der Waals surface area (Å²) in [7, 11) is 4.09. The summed E-state index contributed by atoms with van der Waals surface area (Å²) in [6, 6.07) is 0. The molecule has 0 amide bonds. The predicted octanol–water partition coefficient (Wildman–Crippen LogP) is 0.450. The molecule has 1 N–H and O–H groups in total. The molecule has 0 atom stereocenters. The fourth-order valence-electron chi connectivity index (χ4n) is 0.814. The van der Waals surface area contributed by atoms with E-state index in [4.69, 9.17) is 0 Å². The fraction of sp³-hybridized carbons (Fsp3) is 0.500. The Hall–Kier alpha value is -1.16. The van der Waals surface area contributed by atoms with Crippen molar-refractivity contribution in [1.29, 1.82) is 0 Å². The van der Waals surface area contributed by atoms with Crippen LogP contribution >= 0.6 is 0 Å². The smallest absolute Gasteiger partial charge is 0.115 e. The molecule has 0 aromatic carbocycles. The van der Waals surface area contributed by atoms with Crippen molar-refractivity contribution in [3.8, 4) is 0 Å². The Balaban J connectivity index is 2.25. The van der Waals surface area contributed by atoms with Gasteiger partial charge in [0.2, 0.25) is 0 Å². The van der Waals surface area contributed by atoms with E-state index >= 15 is 0 Å². The Morgan fingerprint density at radius 2 is 2.00 bits per heavy atom. The largest absolute Gasteiger partial charge is 0.381 e. The molecule has 0 spiro atoms. The average Bonchev–Trinajstić information content (AvgIpc) is 2.05. The van der Waals surface area contributed by atoms with Crippen LogP contribution in [0.4, 0.5) is 5.69 Å². The molecule has 12 heavy (non-hydrogen) atoms. The molecule has 0 aliphatic heterocycles. The first-order valence-electron chi connectivity index (χ1n) is 3.92. The van der Waals surface area contributed by atoms with E-state index < -0.39 is 0 Å². The highest BCUT2D eigenvalue weighted by molar-refractivity contribution is 5.36. The van der Waals surface area contributed by atoms with Crippen molar-refractivity contribution >= 4 is 5.69 Å². The van der Waals surface area contributed by atoms with E-state index in [9.17, 15) is 0 Å². The fourth-order valence-corrected chi connectivity index (χ4v) is 0.814. The van der Waals surface area contributed by atoms with Gasteiger partial charge >= 0.3 is 0 Å². The zero-order valence-corrected chi connectivity index (χ0v) is 7.49. The summed E-state index contributed by atoms with van der Waals surface area (Å²) in [6.45, 7) is 1.93. The molecule has 4 nitrogen and oxygen atoms in total. The van der Waals surface area contributed by atoms with Crippen LogP contribution in [0, 0.1) is 0 Å². The van der Waals surface area contributed by atoms with Crippen LogP contribution in [0.3, 0.4) is 0 Å². The molecule has 0 aliphatic carbocycles. The highest BCUT2D eigenvalue weighted by Crippen LogP contribution is 1.98. The van der Waals surface area contributed by atoms with Gasteiger partial charge in [-0.1, -0.05) is 0 Å². The average molecular weight is 166 g/mol. The van der Waals surface area contributed by atoms with Crippen molar-refractivity contribution < 1.29 is 0 Å². The quantitative estimate of drug-likeness (QED) is 0.705. The van der Waals surface area contributed by atoms with Gasteiger partial charge in [-0.25, -0.2) is 9.97 Å². The summed E-state index contributed by atoms with van der Waals surface area (Å²) in [6.07, 6.45) is 5.06. The van der Waals surface area contributed by atoms with E-state index in [1.54, 1.807) is 12.4 Å². The maximum absolute atomic E-state index is 3.90. The second-order valence-electron chi connectivity index (χ2n) is 2.86. The van der Waals surface area contributed by atoms with Crippen molar-refractivity contribution in [2.24, 2.45) is 0 Å². The summed E-state index contributed by atoms with van der Waals surface area (Å²) >= 11 is 0. The lowest BCUT2D eigenvalue weighted by Gasteiger charge is -2.10. The molecule has 1 rings (SSSR count). The van der Waals surface area contributed by atoms with Crippen molar-refractivity contribution in [3.05, 3.63) is 18.7 Å². The van der Waals surface area contributed by atoms with Crippen LogP contribution in [-0.4, -0.2) is 42.1 Å². The summed E-state index contributed by atoms with van der Waals surface area (Å²) in [4.78, 5) is 9.91. The first-order chi connectivity index (χ1) is 5.79. The molecule has 1 aromatic rings. The molecule has 0 saturated heterocycles. The minimum atomic E-state index is 0.917. The Morgan fingerprint density at radius 3 is 2.58 bits per heavy atom. The lowest BCUT2D eigenvalue weighted by atomic mass is 10.5. The van der Waals surface area contributed by atoms with Crippen molar-refractivity contribution in [2.75, 3.05) is 32.5 Å². The van der Waals surface area contributed by atoms with Gasteiger partial charge < -0.3 is 10.2 Å². The molecule has 66 valence electrons. The van der Waals surface area contributed by atoms with Crippen LogP contribution < -0.4 is 5.32 Å². The molecule has 1 aromatic heterocycles. The normalized spacial score (nSPS) is 10.2. The molecule has 1 heterocycles. The maximum atomic E-state index is 3.90. The van der Waals surface area contributed by atoms with Gasteiger partial charge in [-0.15, -0.1) is 0 Å². The number of likely N-dealkylation sites (N-methyl/N-ethyl adjacent to an activating group) is 1. The molecule has 0 aliphatic rings. The zero-order valence-electron chi connectivity index (χ0n) is 7.49. The third kappa shape index (κ3) is 3.30. The van der Waals surface area contributed by atoms with Gasteiger partial charge in [-0.2, -0.15) is 0 Å². The summed E-state index contributed by atoms with van der Waals surface area (Å²) < 4.78 is 0. The number of anilines is 1. The zero-order chi connectivity index (χ0) is 8.81. The van der Waals surface area contributed by atoms with E-state index in [2.05, 4.69) is 20.2 Å². The summed E-state index contributed by atoms with van der Waals surface area (Å²) in [5.74, 6) is 0. The minimum Gasteiger partial charge on any atom is -0.381 e. The molecule has 0 bridgehead atoms. The number of hydrogen-bond acceptors (Lipinski definition) is 4. The second-order valence-corrected chi connectivity index (χ2v) is 2.86. The topological polar surface area (TPSA) is 41.0 Å². The Bertz CT molecular complexity index is 210. The SMILES string of the molecule is CN(C)CCNc1cncnc1. The molecule has 0 fully saturated rings. The number of hydrogen-bond donors (Lipinski definition) is 1. The van der Waals surface area contributed by atoms with E-state index in [1.807, 2.05) is 14.1 Å². The number of aromatic nitrogens is 2. The van der Waals surface area contributed by atoms with Gasteiger partial charge in [0.05, 0.1) is 18.1 Å². The lowest BCUT2D eigenvalue weighted by Crippen LogP contribution is -2.20. The van der Waals surface area contributed by atoms with Crippen LogP contribution in [0.1, 0.15) is 0 Å². The van der Waals surface area contributed by atoms with Gasteiger partial charge in [0, 0.05) is 13.1 Å². The first-order valence-corrected chi connectivity index (χ1v) is 3.92. The van der Waals surface area contributed by atoms with Crippen LogP contribution in [0.25, 0.3) is 0 Å². The van der Waals surface area contributed by atoms with Crippen LogP contribution in [0.15, 0.2) is 18.7 Å². The molecule has 0 unspecified atom stereocenters. The molecule has 0 saturated carbocycles. The highest BCUT2D eigenvalue weighted by atomic mass is 15.1. The summed E-state index contributed by atoms with van der Waals surface area (Å²) in [5, 5.41) is 3.21. The van der Waals surface area contributed by atoms with Crippen LogP contribution in [0.2, 0.25) is 0 Å². The van der Waals surface area contributed by atoms with E-state index in [0.717, 1.165) is 18.8 Å². The second kappa shape index (κ2) is 4.66.